The van der Waals surface area contributed by atoms with E-state index in [2.05, 4.69) is 10.00 Å². The highest BCUT2D eigenvalue weighted by Gasteiger charge is 2.47. The second kappa shape index (κ2) is 8.52. The Kier molecular flexibility index (Phi) is 5.57. The van der Waals surface area contributed by atoms with Crippen LogP contribution in [0.4, 0.5) is 5.69 Å². The summed E-state index contributed by atoms with van der Waals surface area (Å²) in [6.45, 7) is 2.88. The van der Waals surface area contributed by atoms with E-state index in [1.54, 1.807) is 18.3 Å². The lowest BCUT2D eigenvalue weighted by molar-refractivity contribution is -0.142. The minimum absolute atomic E-state index is 0.0523. The third-order valence-corrected chi connectivity index (χ3v) is 6.91. The number of likely N-dealkylation sites (tertiary alicyclic amines) is 1. The summed E-state index contributed by atoms with van der Waals surface area (Å²) >= 11 is 6.43. The third kappa shape index (κ3) is 3.63. The first kappa shape index (κ1) is 20.9. The predicted molar refractivity (Wildman–Crippen MR) is 121 cm³/mol. The molecule has 2 aromatic rings. The van der Waals surface area contributed by atoms with Crippen molar-refractivity contribution < 1.29 is 9.59 Å². The molecule has 5 rings (SSSR count). The number of allylic oxidation sites excluding steroid dienone is 2. The summed E-state index contributed by atoms with van der Waals surface area (Å²) in [7, 11) is 0. The molecule has 1 aliphatic carbocycles. The highest BCUT2D eigenvalue weighted by molar-refractivity contribution is 6.33. The van der Waals surface area contributed by atoms with E-state index in [0.29, 0.717) is 57.1 Å². The molecule has 2 atom stereocenters. The van der Waals surface area contributed by atoms with Gasteiger partial charge < -0.3 is 4.90 Å². The molecule has 0 saturated carbocycles. The van der Waals surface area contributed by atoms with Gasteiger partial charge in [0.1, 0.15) is 5.02 Å². The van der Waals surface area contributed by atoms with Crippen LogP contribution >= 0.6 is 11.6 Å². The number of fused-ring (bicyclic) bond motifs is 1. The molecule has 2 saturated heterocycles. The van der Waals surface area contributed by atoms with Crippen molar-refractivity contribution in [1.29, 1.82) is 0 Å². The third-order valence-electron chi connectivity index (χ3n) is 6.55. The molecule has 2 fully saturated rings. The Bertz CT molecular complexity index is 1100. The monoisotopic (exact) mass is 453 g/mol. The number of piperazine rings is 1. The number of amides is 2. The lowest BCUT2D eigenvalue weighted by Crippen LogP contribution is -2.51. The molecule has 0 bridgehead atoms. The summed E-state index contributed by atoms with van der Waals surface area (Å²) in [6.07, 6.45) is 6.92. The fourth-order valence-corrected chi connectivity index (χ4v) is 4.98. The molecule has 0 N–H and O–H groups in total. The summed E-state index contributed by atoms with van der Waals surface area (Å²) in [5, 5.41) is 4.45. The molecule has 3 heterocycles. The van der Waals surface area contributed by atoms with Gasteiger partial charge in [0.05, 0.1) is 36.1 Å². The van der Waals surface area contributed by atoms with Crippen molar-refractivity contribution in [3.8, 4) is 5.69 Å². The van der Waals surface area contributed by atoms with Gasteiger partial charge in [-0.3, -0.25) is 24.2 Å². The van der Waals surface area contributed by atoms with Crippen molar-refractivity contribution in [2.75, 3.05) is 37.7 Å². The summed E-state index contributed by atoms with van der Waals surface area (Å²) in [6, 6.07) is 9.16. The molecule has 166 valence electrons. The van der Waals surface area contributed by atoms with E-state index in [1.165, 1.54) is 9.58 Å². The maximum atomic E-state index is 12.8. The van der Waals surface area contributed by atoms with Gasteiger partial charge >= 0.3 is 0 Å². The molecule has 0 spiro atoms. The number of carbonyl (C=O) groups excluding carboxylic acids is 2. The summed E-state index contributed by atoms with van der Waals surface area (Å²) < 4.78 is 1.29. The van der Waals surface area contributed by atoms with Crippen molar-refractivity contribution in [3.05, 3.63) is 64.1 Å². The largest absolute Gasteiger partial charge is 0.366 e. The summed E-state index contributed by atoms with van der Waals surface area (Å²) in [4.78, 5) is 43.7. The fourth-order valence-electron chi connectivity index (χ4n) is 4.74. The number of benzene rings is 1. The Hall–Kier alpha value is -2.97. The standard InChI is InChI=1S/C23H24ClN5O3/c24-20-19(14-25-29(23(20)32)16-6-2-1-3-7-16)27-12-10-26(11-13-27)15-28-21(30)17-8-4-5-9-18(17)22(28)31/h1-7,14,17-18H,8-13,15H2/t17-,18-/m0/s1. The van der Waals surface area contributed by atoms with Crippen LogP contribution in [-0.4, -0.2) is 64.2 Å². The molecule has 0 radical (unpaired) electrons. The lowest BCUT2D eigenvalue weighted by atomic mass is 9.85. The van der Waals surface area contributed by atoms with Crippen molar-refractivity contribution in [2.24, 2.45) is 11.8 Å². The van der Waals surface area contributed by atoms with E-state index in [4.69, 9.17) is 11.6 Å². The van der Waals surface area contributed by atoms with Gasteiger partial charge in [0, 0.05) is 26.2 Å². The quantitative estimate of drug-likeness (QED) is 0.520. The number of hydrogen-bond donors (Lipinski definition) is 0. The van der Waals surface area contributed by atoms with E-state index in [9.17, 15) is 14.4 Å². The minimum Gasteiger partial charge on any atom is -0.366 e. The topological polar surface area (TPSA) is 78.8 Å². The number of imide groups is 1. The van der Waals surface area contributed by atoms with E-state index >= 15 is 0 Å². The molecule has 2 amide bonds. The van der Waals surface area contributed by atoms with Gasteiger partial charge in [0.15, 0.2) is 0 Å². The van der Waals surface area contributed by atoms with Crippen molar-refractivity contribution in [1.82, 2.24) is 19.6 Å². The van der Waals surface area contributed by atoms with Gasteiger partial charge in [-0.05, 0) is 25.0 Å². The number of aromatic nitrogens is 2. The normalized spacial score (nSPS) is 23.7. The Morgan fingerprint density at radius 1 is 0.906 bits per heavy atom. The maximum Gasteiger partial charge on any atom is 0.292 e. The average Bonchev–Trinajstić information content (AvgIpc) is 3.07. The smallest absolute Gasteiger partial charge is 0.292 e. The van der Waals surface area contributed by atoms with E-state index < -0.39 is 0 Å². The first-order chi connectivity index (χ1) is 15.5. The number of nitrogens with zero attached hydrogens (tertiary/aromatic N) is 5. The number of rotatable bonds is 4. The van der Waals surface area contributed by atoms with Crippen LogP contribution in [0.3, 0.4) is 0 Å². The highest BCUT2D eigenvalue weighted by atomic mass is 35.5. The highest BCUT2D eigenvalue weighted by Crippen LogP contribution is 2.35. The number of halogens is 1. The van der Waals surface area contributed by atoms with Gasteiger partial charge in [-0.25, -0.2) is 0 Å². The van der Waals surface area contributed by atoms with E-state index in [1.807, 2.05) is 35.3 Å². The predicted octanol–water partition coefficient (Wildman–Crippen LogP) is 1.92. The summed E-state index contributed by atoms with van der Waals surface area (Å²) in [5.74, 6) is -0.503. The van der Waals surface area contributed by atoms with Crippen molar-refractivity contribution >= 4 is 29.1 Å². The summed E-state index contributed by atoms with van der Waals surface area (Å²) in [5.41, 5.74) is 0.905. The molecule has 1 aromatic heterocycles. The molecular weight excluding hydrogens is 430 g/mol. The van der Waals surface area contributed by atoms with Crippen LogP contribution in [0.5, 0.6) is 0 Å². The van der Waals surface area contributed by atoms with Crippen LogP contribution in [-0.2, 0) is 9.59 Å². The van der Waals surface area contributed by atoms with Crippen molar-refractivity contribution in [2.45, 2.75) is 12.8 Å². The van der Waals surface area contributed by atoms with Crippen LogP contribution in [0.2, 0.25) is 5.02 Å². The number of carbonyl (C=O) groups is 2. The first-order valence-corrected chi connectivity index (χ1v) is 11.2. The van der Waals surface area contributed by atoms with Crippen LogP contribution in [0.25, 0.3) is 5.69 Å². The van der Waals surface area contributed by atoms with Gasteiger partial charge in [-0.15, -0.1) is 0 Å². The van der Waals surface area contributed by atoms with Crippen LogP contribution < -0.4 is 10.5 Å². The average molecular weight is 454 g/mol. The molecule has 8 nitrogen and oxygen atoms in total. The Morgan fingerprint density at radius 2 is 1.53 bits per heavy atom. The number of para-hydroxylation sites is 1. The van der Waals surface area contributed by atoms with Crippen molar-refractivity contribution in [3.63, 3.8) is 0 Å². The number of anilines is 1. The van der Waals surface area contributed by atoms with Crippen LogP contribution in [0.1, 0.15) is 12.8 Å². The van der Waals surface area contributed by atoms with Crippen LogP contribution in [0, 0.1) is 11.8 Å². The SMILES string of the molecule is O=C1[C@H]2CC=CC[C@@H]2C(=O)N1CN1CCN(c2cnn(-c3ccccc3)c(=O)c2Cl)CC1. The molecule has 0 unspecified atom stereocenters. The van der Waals surface area contributed by atoms with Crippen LogP contribution in [0.15, 0.2) is 53.5 Å². The first-order valence-electron chi connectivity index (χ1n) is 10.9. The Balaban J connectivity index is 1.25. The molecule has 3 aliphatic rings. The molecule has 1 aromatic carbocycles. The molecule has 9 heteroatoms. The lowest BCUT2D eigenvalue weighted by Gasteiger charge is -2.37. The zero-order valence-corrected chi connectivity index (χ0v) is 18.3. The fraction of sp³-hybridized carbons (Fsp3) is 0.391. The van der Waals surface area contributed by atoms with E-state index in [0.717, 1.165) is 0 Å². The zero-order valence-electron chi connectivity index (χ0n) is 17.6. The van der Waals surface area contributed by atoms with Gasteiger partial charge in [0.25, 0.3) is 5.56 Å². The van der Waals surface area contributed by atoms with Gasteiger partial charge in [0.2, 0.25) is 11.8 Å². The van der Waals surface area contributed by atoms with E-state index in [-0.39, 0.29) is 34.2 Å². The van der Waals surface area contributed by atoms with Gasteiger partial charge in [-0.1, -0.05) is 42.0 Å². The molecular formula is C23H24ClN5O3. The molecule has 32 heavy (non-hydrogen) atoms. The zero-order chi connectivity index (χ0) is 22.2. The second-order valence-electron chi connectivity index (χ2n) is 8.40. The maximum absolute atomic E-state index is 12.8. The Morgan fingerprint density at radius 3 is 2.16 bits per heavy atom. The minimum atomic E-state index is -0.359. The Labute approximate surface area is 190 Å². The molecule has 2 aliphatic heterocycles. The van der Waals surface area contributed by atoms with Gasteiger partial charge in [-0.2, -0.15) is 9.78 Å². The number of hydrogen-bond acceptors (Lipinski definition) is 6. The second-order valence-corrected chi connectivity index (χ2v) is 8.78.